The standard InChI is InChI=1S/C37H43ClN10O5/c1-20-18-48(23-7-8-24-29(16-23)47(5)44-33(24)25-9-11-31(49)42-35(25)51)13-12-27(20)46(4)37-40-17-26(38)34(43-37)41-22-6-10-28-21(14-22)15-30(36(52)45(28)3)53-19-32(50)39-2/h6-8,10,14-17,20,25,27,35,51H,9,11-13,18-19H2,1-5H3,(H,39,50)(H,42,49)(H,40,41,43)/t20-,25?,27-,35?/m0/s1. The molecule has 53 heavy (non-hydrogen) atoms. The Morgan fingerprint density at radius 1 is 1.13 bits per heavy atom. The molecule has 2 aliphatic heterocycles. The van der Waals surface area contributed by atoms with Gasteiger partial charge in [0.2, 0.25) is 11.9 Å². The summed E-state index contributed by atoms with van der Waals surface area (Å²) < 4.78 is 8.84. The Balaban J connectivity index is 1.05. The molecule has 4 N–H and O–H groups in total. The summed E-state index contributed by atoms with van der Waals surface area (Å²) >= 11 is 6.59. The predicted octanol–water partition coefficient (Wildman–Crippen LogP) is 3.40. The number of aliphatic hydroxyl groups is 1. The van der Waals surface area contributed by atoms with E-state index >= 15 is 0 Å². The van der Waals surface area contributed by atoms with E-state index in [0.29, 0.717) is 40.8 Å². The van der Waals surface area contributed by atoms with E-state index in [4.69, 9.17) is 26.4 Å². The molecule has 0 spiro atoms. The highest BCUT2D eigenvalue weighted by molar-refractivity contribution is 6.33. The molecule has 5 heterocycles. The van der Waals surface area contributed by atoms with Gasteiger partial charge >= 0.3 is 0 Å². The number of rotatable bonds is 9. The number of anilines is 4. The summed E-state index contributed by atoms with van der Waals surface area (Å²) in [4.78, 5) is 50.2. The van der Waals surface area contributed by atoms with E-state index in [1.54, 1.807) is 19.3 Å². The van der Waals surface area contributed by atoms with Crippen LogP contribution in [0.5, 0.6) is 5.75 Å². The highest BCUT2D eigenvalue weighted by atomic mass is 35.5. The van der Waals surface area contributed by atoms with Gasteiger partial charge in [-0.05, 0) is 61.2 Å². The molecular weight excluding hydrogens is 700 g/mol. The Kier molecular flexibility index (Phi) is 9.87. The smallest absolute Gasteiger partial charge is 0.293 e. The number of hydrogen-bond acceptors (Lipinski definition) is 11. The SMILES string of the molecule is CNC(=O)COc1cc2cc(Nc3nc(N(C)[C@H]4CCN(c5ccc6c(C7CCC(=O)NC7O)nn(C)c6c5)C[C@@H]4C)ncc3Cl)ccc2n(C)c1=O. The second-order valence-electron chi connectivity index (χ2n) is 13.9. The zero-order chi connectivity index (χ0) is 37.6. The molecule has 2 amide bonds. The first-order chi connectivity index (χ1) is 25.4. The Hall–Kier alpha value is -5.41. The van der Waals surface area contributed by atoms with Crippen molar-refractivity contribution in [1.29, 1.82) is 0 Å². The third-order valence-electron chi connectivity index (χ3n) is 10.4. The Morgan fingerprint density at radius 3 is 2.70 bits per heavy atom. The van der Waals surface area contributed by atoms with Crippen molar-refractivity contribution in [2.24, 2.45) is 20.0 Å². The first-order valence-electron chi connectivity index (χ1n) is 17.6. The van der Waals surface area contributed by atoms with Crippen molar-refractivity contribution in [3.8, 4) is 5.75 Å². The summed E-state index contributed by atoms with van der Waals surface area (Å²) in [5.74, 6) is 0.605. The summed E-state index contributed by atoms with van der Waals surface area (Å²) in [6, 6.07) is 13.7. The van der Waals surface area contributed by atoms with Gasteiger partial charge in [0, 0.05) is 81.8 Å². The number of ether oxygens (including phenoxy) is 1. The molecule has 0 saturated carbocycles. The van der Waals surface area contributed by atoms with Crippen molar-refractivity contribution in [2.75, 3.05) is 48.9 Å². The zero-order valence-corrected chi connectivity index (χ0v) is 31.0. The number of halogens is 1. The normalized spacial score (nSPS) is 20.4. The van der Waals surface area contributed by atoms with E-state index in [-0.39, 0.29) is 47.6 Å². The van der Waals surface area contributed by atoms with Crippen LogP contribution in [0.2, 0.25) is 5.02 Å². The van der Waals surface area contributed by atoms with Crippen molar-refractivity contribution in [1.82, 2.24) is 34.9 Å². The molecule has 16 heteroatoms. The molecule has 2 fully saturated rings. The predicted molar refractivity (Wildman–Crippen MR) is 204 cm³/mol. The molecule has 2 saturated heterocycles. The minimum Gasteiger partial charge on any atom is -0.478 e. The summed E-state index contributed by atoms with van der Waals surface area (Å²) in [7, 11) is 7.08. The number of nitrogens with one attached hydrogen (secondary N) is 3. The van der Waals surface area contributed by atoms with Crippen molar-refractivity contribution in [3.05, 3.63) is 69.7 Å². The van der Waals surface area contributed by atoms with E-state index in [9.17, 15) is 19.5 Å². The van der Waals surface area contributed by atoms with Crippen molar-refractivity contribution < 1.29 is 19.4 Å². The maximum atomic E-state index is 12.8. The van der Waals surface area contributed by atoms with Crippen LogP contribution in [0.15, 0.2) is 53.5 Å². The van der Waals surface area contributed by atoms with Gasteiger partial charge in [0.15, 0.2) is 18.2 Å². The topological polar surface area (TPSA) is 172 Å². The molecule has 15 nitrogen and oxygen atoms in total. The number of aryl methyl sites for hydroxylation is 2. The first-order valence-corrected chi connectivity index (χ1v) is 18.0. The quantitative estimate of drug-likeness (QED) is 0.175. The van der Waals surface area contributed by atoms with Gasteiger partial charge in [-0.1, -0.05) is 18.5 Å². The minimum atomic E-state index is -0.948. The van der Waals surface area contributed by atoms with Gasteiger partial charge in [-0.3, -0.25) is 19.1 Å². The third kappa shape index (κ3) is 7.05. The summed E-state index contributed by atoms with van der Waals surface area (Å²) in [6.45, 7) is 3.62. The fourth-order valence-electron chi connectivity index (χ4n) is 7.51. The van der Waals surface area contributed by atoms with Gasteiger partial charge < -0.3 is 40.2 Å². The highest BCUT2D eigenvalue weighted by Gasteiger charge is 2.33. The Bertz CT molecular complexity index is 2270. The number of fused-ring (bicyclic) bond motifs is 2. The summed E-state index contributed by atoms with van der Waals surface area (Å²) in [5.41, 5.74) is 3.94. The lowest BCUT2D eigenvalue weighted by Crippen LogP contribution is -2.49. The molecule has 278 valence electrons. The summed E-state index contributed by atoms with van der Waals surface area (Å²) in [6.07, 6.45) is 2.45. The van der Waals surface area contributed by atoms with Crippen molar-refractivity contribution >= 4 is 68.4 Å². The van der Waals surface area contributed by atoms with Crippen LogP contribution in [-0.2, 0) is 23.7 Å². The van der Waals surface area contributed by atoms with Crippen LogP contribution >= 0.6 is 11.6 Å². The monoisotopic (exact) mass is 742 g/mol. The molecule has 5 aromatic rings. The van der Waals surface area contributed by atoms with Crippen molar-refractivity contribution in [2.45, 2.75) is 44.4 Å². The number of pyridine rings is 1. The fraction of sp³-hybridized carbons (Fsp3) is 0.405. The molecule has 4 atom stereocenters. The van der Waals surface area contributed by atoms with Gasteiger partial charge in [-0.15, -0.1) is 0 Å². The average Bonchev–Trinajstić information content (AvgIpc) is 3.47. The van der Waals surface area contributed by atoms with E-state index < -0.39 is 6.23 Å². The van der Waals surface area contributed by atoms with E-state index in [0.717, 1.165) is 47.2 Å². The Labute approximate surface area is 310 Å². The van der Waals surface area contributed by atoms with Crippen LogP contribution in [0.1, 0.15) is 37.8 Å². The number of aliphatic hydroxyl groups excluding tert-OH is 1. The van der Waals surface area contributed by atoms with Crippen LogP contribution in [0.4, 0.5) is 23.1 Å². The number of piperidine rings is 2. The number of likely N-dealkylation sites (N-methyl/N-ethyl adjacent to an activating group) is 1. The molecule has 0 aliphatic carbocycles. The molecule has 3 aromatic heterocycles. The number of benzene rings is 2. The lowest BCUT2D eigenvalue weighted by molar-refractivity contribution is -0.127. The van der Waals surface area contributed by atoms with E-state index in [1.807, 2.05) is 37.0 Å². The van der Waals surface area contributed by atoms with Gasteiger partial charge in [0.1, 0.15) is 11.3 Å². The lowest BCUT2D eigenvalue weighted by Gasteiger charge is -2.42. The van der Waals surface area contributed by atoms with Crippen LogP contribution in [0.3, 0.4) is 0 Å². The number of carbonyl (C=O) groups excluding carboxylic acids is 2. The zero-order valence-electron chi connectivity index (χ0n) is 30.3. The average molecular weight is 743 g/mol. The summed E-state index contributed by atoms with van der Waals surface area (Å²) in [5, 5.41) is 25.8. The third-order valence-corrected chi connectivity index (χ3v) is 10.7. The van der Waals surface area contributed by atoms with Crippen LogP contribution in [-0.4, -0.2) is 87.3 Å². The molecule has 0 radical (unpaired) electrons. The number of aromatic nitrogens is 5. The molecule has 2 aromatic carbocycles. The molecule has 7 rings (SSSR count). The molecule has 0 bridgehead atoms. The van der Waals surface area contributed by atoms with Crippen LogP contribution in [0.25, 0.3) is 21.8 Å². The van der Waals surface area contributed by atoms with Crippen LogP contribution < -0.4 is 36.0 Å². The maximum Gasteiger partial charge on any atom is 0.293 e. The molecule has 2 unspecified atom stereocenters. The van der Waals surface area contributed by atoms with Gasteiger partial charge in [-0.25, -0.2) is 4.98 Å². The lowest BCUT2D eigenvalue weighted by atomic mass is 9.91. The number of carbonyl (C=O) groups is 2. The maximum absolute atomic E-state index is 12.8. The number of hydrogen-bond donors (Lipinski definition) is 4. The molecule has 2 aliphatic rings. The van der Waals surface area contributed by atoms with Crippen LogP contribution in [0, 0.1) is 5.92 Å². The second kappa shape index (κ2) is 14.5. The number of amides is 2. The largest absolute Gasteiger partial charge is 0.478 e. The van der Waals surface area contributed by atoms with Gasteiger partial charge in [0.25, 0.3) is 11.5 Å². The minimum absolute atomic E-state index is 0.0735. The van der Waals surface area contributed by atoms with E-state index in [1.165, 1.54) is 11.6 Å². The van der Waals surface area contributed by atoms with Gasteiger partial charge in [0.05, 0.1) is 22.9 Å². The van der Waals surface area contributed by atoms with Crippen molar-refractivity contribution in [3.63, 3.8) is 0 Å². The van der Waals surface area contributed by atoms with E-state index in [2.05, 4.69) is 55.9 Å². The van der Waals surface area contributed by atoms with Gasteiger partial charge in [-0.2, -0.15) is 10.1 Å². The second-order valence-corrected chi connectivity index (χ2v) is 14.3. The number of nitrogens with zero attached hydrogens (tertiary/aromatic N) is 7. The molecular formula is C37H43ClN10O5. The first kappa shape index (κ1) is 36.0. The highest BCUT2D eigenvalue weighted by Crippen LogP contribution is 2.36. The fourth-order valence-corrected chi connectivity index (χ4v) is 7.64. The Morgan fingerprint density at radius 2 is 1.94 bits per heavy atom.